The SMILES string of the molecule is CNCc1ccccc1NS(=O)(=O)c1sccc1Br. The maximum absolute atomic E-state index is 12.3. The Bertz CT molecular complexity index is 668. The molecule has 1 aromatic heterocycles. The van der Waals surface area contributed by atoms with Crippen molar-refractivity contribution in [2.75, 3.05) is 11.8 Å². The lowest BCUT2D eigenvalue weighted by Gasteiger charge is -2.11. The Hall–Kier alpha value is -0.890. The molecule has 0 spiro atoms. The zero-order chi connectivity index (χ0) is 13.9. The Kier molecular flexibility index (Phi) is 4.62. The summed E-state index contributed by atoms with van der Waals surface area (Å²) in [4.78, 5) is 0. The van der Waals surface area contributed by atoms with Gasteiger partial charge in [0.1, 0.15) is 0 Å². The highest BCUT2D eigenvalue weighted by atomic mass is 79.9. The molecule has 0 aliphatic rings. The van der Waals surface area contributed by atoms with Crippen molar-refractivity contribution in [3.63, 3.8) is 0 Å². The molecule has 0 saturated heterocycles. The first kappa shape index (κ1) is 14.5. The molecule has 102 valence electrons. The second-order valence-electron chi connectivity index (χ2n) is 3.85. The minimum Gasteiger partial charge on any atom is -0.316 e. The Morgan fingerprint density at radius 3 is 2.63 bits per heavy atom. The molecule has 7 heteroatoms. The summed E-state index contributed by atoms with van der Waals surface area (Å²) >= 11 is 4.43. The second kappa shape index (κ2) is 6.04. The van der Waals surface area contributed by atoms with Crippen molar-refractivity contribution < 1.29 is 8.42 Å². The number of rotatable bonds is 5. The van der Waals surface area contributed by atoms with Gasteiger partial charge in [0.2, 0.25) is 0 Å². The molecule has 2 N–H and O–H groups in total. The van der Waals surface area contributed by atoms with Gasteiger partial charge in [0.25, 0.3) is 10.0 Å². The first-order valence-corrected chi connectivity index (χ1v) is 8.68. The van der Waals surface area contributed by atoms with Crippen LogP contribution in [-0.4, -0.2) is 15.5 Å². The molecular formula is C12H13BrN2O2S2. The Morgan fingerprint density at radius 2 is 2.00 bits per heavy atom. The predicted molar refractivity (Wildman–Crippen MR) is 82.0 cm³/mol. The van der Waals surface area contributed by atoms with Gasteiger partial charge in [0, 0.05) is 11.0 Å². The molecule has 2 rings (SSSR count). The van der Waals surface area contributed by atoms with E-state index in [4.69, 9.17) is 0 Å². The molecule has 0 unspecified atom stereocenters. The summed E-state index contributed by atoms with van der Waals surface area (Å²) in [5.74, 6) is 0. The van der Waals surface area contributed by atoms with Crippen LogP contribution in [0.15, 0.2) is 44.4 Å². The zero-order valence-corrected chi connectivity index (χ0v) is 13.4. The molecule has 0 aliphatic heterocycles. The van der Waals surface area contributed by atoms with E-state index in [2.05, 4.69) is 26.0 Å². The van der Waals surface area contributed by atoms with Crippen LogP contribution in [0.3, 0.4) is 0 Å². The van der Waals surface area contributed by atoms with Gasteiger partial charge in [-0.05, 0) is 46.1 Å². The highest BCUT2D eigenvalue weighted by Crippen LogP contribution is 2.29. The molecule has 0 bridgehead atoms. The average molecular weight is 361 g/mol. The fourth-order valence-corrected chi connectivity index (χ4v) is 5.07. The summed E-state index contributed by atoms with van der Waals surface area (Å²) in [6.45, 7) is 0.601. The number of sulfonamides is 1. The van der Waals surface area contributed by atoms with E-state index in [-0.39, 0.29) is 4.21 Å². The Labute approximate surface area is 125 Å². The van der Waals surface area contributed by atoms with Gasteiger partial charge >= 0.3 is 0 Å². The smallest absolute Gasteiger partial charge is 0.272 e. The van der Waals surface area contributed by atoms with Gasteiger partial charge in [0.05, 0.1) is 5.69 Å². The van der Waals surface area contributed by atoms with Crippen LogP contribution in [0.5, 0.6) is 0 Å². The number of thiophene rings is 1. The summed E-state index contributed by atoms with van der Waals surface area (Å²) in [6.07, 6.45) is 0. The van der Waals surface area contributed by atoms with Crippen LogP contribution in [0.2, 0.25) is 0 Å². The summed E-state index contributed by atoms with van der Waals surface area (Å²) in [7, 11) is -1.73. The number of nitrogens with one attached hydrogen (secondary N) is 2. The van der Waals surface area contributed by atoms with E-state index in [9.17, 15) is 8.42 Å². The fraction of sp³-hybridized carbons (Fsp3) is 0.167. The van der Waals surface area contributed by atoms with Gasteiger partial charge in [-0.1, -0.05) is 18.2 Å². The number of hydrogen-bond donors (Lipinski definition) is 2. The van der Waals surface area contributed by atoms with E-state index in [0.29, 0.717) is 16.7 Å². The van der Waals surface area contributed by atoms with Crippen LogP contribution in [0.1, 0.15) is 5.56 Å². The number of benzene rings is 1. The summed E-state index contributed by atoms with van der Waals surface area (Å²) in [6, 6.07) is 9.05. The molecule has 0 aliphatic carbocycles. The van der Waals surface area contributed by atoms with E-state index in [1.165, 1.54) is 11.3 Å². The van der Waals surface area contributed by atoms with Crippen LogP contribution < -0.4 is 10.0 Å². The van der Waals surface area contributed by atoms with Crippen molar-refractivity contribution in [1.82, 2.24) is 5.32 Å². The quantitative estimate of drug-likeness (QED) is 0.861. The molecule has 1 heterocycles. The topological polar surface area (TPSA) is 58.2 Å². The Balaban J connectivity index is 2.34. The van der Waals surface area contributed by atoms with Crippen LogP contribution in [-0.2, 0) is 16.6 Å². The van der Waals surface area contributed by atoms with Gasteiger partial charge in [-0.3, -0.25) is 4.72 Å². The lowest BCUT2D eigenvalue weighted by molar-refractivity contribution is 0.602. The molecule has 0 saturated carbocycles. The van der Waals surface area contributed by atoms with E-state index in [1.54, 1.807) is 23.6 Å². The van der Waals surface area contributed by atoms with Gasteiger partial charge in [0.15, 0.2) is 4.21 Å². The Morgan fingerprint density at radius 1 is 1.26 bits per heavy atom. The third-order valence-electron chi connectivity index (χ3n) is 2.46. The van der Waals surface area contributed by atoms with Crippen molar-refractivity contribution in [2.24, 2.45) is 0 Å². The van der Waals surface area contributed by atoms with E-state index >= 15 is 0 Å². The molecule has 0 atom stereocenters. The second-order valence-corrected chi connectivity index (χ2v) is 7.50. The normalized spacial score (nSPS) is 11.5. The molecule has 0 radical (unpaired) electrons. The summed E-state index contributed by atoms with van der Waals surface area (Å²) in [5, 5.41) is 4.75. The third-order valence-corrected chi connectivity index (χ3v) is 6.49. The first-order chi connectivity index (χ1) is 9.04. The van der Waals surface area contributed by atoms with E-state index < -0.39 is 10.0 Å². The number of hydrogen-bond acceptors (Lipinski definition) is 4. The van der Waals surface area contributed by atoms with Crippen molar-refractivity contribution in [3.05, 3.63) is 45.7 Å². The van der Waals surface area contributed by atoms with E-state index in [0.717, 1.165) is 5.56 Å². The van der Waals surface area contributed by atoms with Crippen LogP contribution in [0.25, 0.3) is 0 Å². The van der Waals surface area contributed by atoms with Crippen LogP contribution >= 0.6 is 27.3 Å². The minimum atomic E-state index is -3.55. The lowest BCUT2D eigenvalue weighted by Crippen LogP contribution is -2.15. The standard InChI is InChI=1S/C12H13BrN2O2S2/c1-14-8-9-4-2-3-5-11(9)15-19(16,17)12-10(13)6-7-18-12/h2-7,14-15H,8H2,1H3. The summed E-state index contributed by atoms with van der Waals surface area (Å²) < 4.78 is 28.1. The number of anilines is 1. The maximum Gasteiger partial charge on any atom is 0.272 e. The molecule has 4 nitrogen and oxygen atoms in total. The number of para-hydroxylation sites is 1. The van der Waals surface area contributed by atoms with Crippen LogP contribution in [0, 0.1) is 0 Å². The predicted octanol–water partition coefficient (Wildman–Crippen LogP) is 3.03. The van der Waals surface area contributed by atoms with E-state index in [1.807, 2.05) is 19.2 Å². The van der Waals surface area contributed by atoms with Crippen molar-refractivity contribution in [3.8, 4) is 0 Å². The van der Waals surface area contributed by atoms with Crippen molar-refractivity contribution in [2.45, 2.75) is 10.8 Å². The van der Waals surface area contributed by atoms with Gasteiger partial charge in [-0.25, -0.2) is 8.42 Å². The van der Waals surface area contributed by atoms with Crippen LogP contribution in [0.4, 0.5) is 5.69 Å². The molecular weight excluding hydrogens is 348 g/mol. The molecule has 2 aromatic rings. The minimum absolute atomic E-state index is 0.284. The largest absolute Gasteiger partial charge is 0.316 e. The highest BCUT2D eigenvalue weighted by Gasteiger charge is 2.20. The maximum atomic E-state index is 12.3. The zero-order valence-electron chi connectivity index (χ0n) is 10.2. The monoisotopic (exact) mass is 360 g/mol. The van der Waals surface area contributed by atoms with Crippen molar-refractivity contribution in [1.29, 1.82) is 0 Å². The lowest BCUT2D eigenvalue weighted by atomic mass is 10.2. The highest BCUT2D eigenvalue weighted by molar-refractivity contribution is 9.10. The fourth-order valence-electron chi connectivity index (χ4n) is 1.63. The molecule has 0 amide bonds. The third kappa shape index (κ3) is 3.36. The summed E-state index contributed by atoms with van der Waals surface area (Å²) in [5.41, 5.74) is 1.50. The first-order valence-electron chi connectivity index (χ1n) is 5.53. The molecule has 1 aromatic carbocycles. The van der Waals surface area contributed by atoms with Crippen molar-refractivity contribution >= 4 is 43.0 Å². The van der Waals surface area contributed by atoms with Gasteiger partial charge < -0.3 is 5.32 Å². The average Bonchev–Trinajstić information content (AvgIpc) is 2.79. The number of halogens is 1. The van der Waals surface area contributed by atoms with Gasteiger partial charge in [-0.2, -0.15) is 0 Å². The molecule has 0 fully saturated rings. The molecule has 19 heavy (non-hydrogen) atoms. The van der Waals surface area contributed by atoms with Gasteiger partial charge in [-0.15, -0.1) is 11.3 Å².